The van der Waals surface area contributed by atoms with E-state index in [4.69, 9.17) is 23.2 Å². The van der Waals surface area contributed by atoms with Gasteiger partial charge in [-0.3, -0.25) is 0 Å². The zero-order valence-electron chi connectivity index (χ0n) is 9.82. The van der Waals surface area contributed by atoms with Gasteiger partial charge in [-0.15, -0.1) is 0 Å². The van der Waals surface area contributed by atoms with Crippen molar-refractivity contribution < 1.29 is 9.90 Å². The van der Waals surface area contributed by atoms with E-state index in [0.717, 1.165) is 0 Å². The van der Waals surface area contributed by atoms with Crippen molar-refractivity contribution in [3.8, 4) is 0 Å². The number of carbonyl (C=O) groups excluding carboxylic acids is 1. The lowest BCUT2D eigenvalue weighted by Crippen LogP contribution is -2.22. The van der Waals surface area contributed by atoms with E-state index in [1.54, 1.807) is 12.1 Å². The van der Waals surface area contributed by atoms with E-state index < -0.39 is 5.97 Å². The van der Waals surface area contributed by atoms with Crippen molar-refractivity contribution in [2.24, 2.45) is 0 Å². The summed E-state index contributed by atoms with van der Waals surface area (Å²) in [7, 11) is 0. The molecule has 19 heavy (non-hydrogen) atoms. The maximum Gasteiger partial charge on any atom is 0.137 e. The molecule has 2 rings (SSSR count). The van der Waals surface area contributed by atoms with Crippen molar-refractivity contribution in [3.05, 3.63) is 28.5 Å². The minimum atomic E-state index is -1.07. The number of nitrogens with zero attached hydrogens (tertiary/aromatic N) is 2. The first-order chi connectivity index (χ1) is 9.08. The Balaban J connectivity index is 2.21. The smallest absolute Gasteiger partial charge is 0.137 e. The van der Waals surface area contributed by atoms with E-state index in [-0.39, 0.29) is 6.42 Å². The molecule has 0 amide bonds. The Morgan fingerprint density at radius 1 is 1.32 bits per heavy atom. The number of fused-ring (bicyclic) bond motifs is 1. The lowest BCUT2D eigenvalue weighted by molar-refractivity contribution is -0.305. The Bertz CT molecular complexity index is 619. The highest BCUT2D eigenvalue weighted by Gasteiger charge is 2.08. The van der Waals surface area contributed by atoms with E-state index in [9.17, 15) is 9.90 Å². The van der Waals surface area contributed by atoms with Crippen molar-refractivity contribution in [1.29, 1.82) is 0 Å². The molecule has 5 nitrogen and oxygen atoms in total. The highest BCUT2D eigenvalue weighted by molar-refractivity contribution is 6.38. The molecule has 0 aliphatic heterocycles. The summed E-state index contributed by atoms with van der Waals surface area (Å²) in [4.78, 5) is 18.5. The quantitative estimate of drug-likeness (QED) is 0.853. The molecule has 0 unspecified atom stereocenters. The molecule has 0 aliphatic carbocycles. The van der Waals surface area contributed by atoms with Crippen molar-refractivity contribution in [2.75, 3.05) is 11.9 Å². The van der Waals surface area contributed by atoms with Crippen molar-refractivity contribution in [3.63, 3.8) is 0 Å². The van der Waals surface area contributed by atoms with Crippen LogP contribution in [-0.4, -0.2) is 22.5 Å². The summed E-state index contributed by atoms with van der Waals surface area (Å²) >= 11 is 12.0. The predicted octanol–water partition coefficient (Wildman–Crippen LogP) is 1.88. The van der Waals surface area contributed by atoms with Gasteiger partial charge in [-0.05, 0) is 25.0 Å². The van der Waals surface area contributed by atoms with Gasteiger partial charge in [0, 0.05) is 22.9 Å². The zero-order chi connectivity index (χ0) is 13.8. The first-order valence-corrected chi connectivity index (χ1v) is 6.37. The summed E-state index contributed by atoms with van der Waals surface area (Å²) in [6.45, 7) is 0.463. The van der Waals surface area contributed by atoms with Crippen molar-refractivity contribution >= 4 is 45.9 Å². The fraction of sp³-hybridized carbons (Fsp3) is 0.250. The number of aromatic nitrogens is 2. The van der Waals surface area contributed by atoms with Gasteiger partial charge in [-0.2, -0.15) is 0 Å². The molecule has 1 aromatic carbocycles. The normalized spacial score (nSPS) is 10.6. The molecule has 1 N–H and O–H groups in total. The molecule has 1 heterocycles. The van der Waals surface area contributed by atoms with Crippen LogP contribution in [0.25, 0.3) is 10.9 Å². The number of aliphatic carboxylic acids is 1. The van der Waals surface area contributed by atoms with Gasteiger partial charge in [0.15, 0.2) is 0 Å². The molecule has 0 aliphatic rings. The summed E-state index contributed by atoms with van der Waals surface area (Å²) < 4.78 is 0. The fourth-order valence-electron chi connectivity index (χ4n) is 1.67. The second-order valence-corrected chi connectivity index (χ2v) is 4.75. The minimum absolute atomic E-state index is 0.00245. The Labute approximate surface area is 119 Å². The molecule has 0 saturated heterocycles. The molecule has 0 fully saturated rings. The zero-order valence-corrected chi connectivity index (χ0v) is 11.3. The number of halogens is 2. The van der Waals surface area contributed by atoms with Crippen molar-refractivity contribution in [2.45, 2.75) is 12.8 Å². The van der Waals surface area contributed by atoms with E-state index in [1.807, 2.05) is 0 Å². The maximum absolute atomic E-state index is 10.3. The molecular weight excluding hydrogens is 289 g/mol. The molecule has 100 valence electrons. The third-order valence-electron chi connectivity index (χ3n) is 2.51. The summed E-state index contributed by atoms with van der Waals surface area (Å²) in [6.07, 6.45) is 1.84. The third kappa shape index (κ3) is 3.45. The van der Waals surface area contributed by atoms with Gasteiger partial charge in [0.2, 0.25) is 0 Å². The molecular formula is C12H10Cl2N3O2-. The van der Waals surface area contributed by atoms with Gasteiger partial charge in [-0.25, -0.2) is 9.97 Å². The summed E-state index contributed by atoms with van der Waals surface area (Å²) in [6, 6.07) is 3.32. The molecule has 0 bridgehead atoms. The number of hydrogen-bond donors (Lipinski definition) is 1. The van der Waals surface area contributed by atoms with Crippen LogP contribution in [0.15, 0.2) is 18.5 Å². The predicted molar refractivity (Wildman–Crippen MR) is 72.3 cm³/mol. The number of rotatable bonds is 5. The first kappa shape index (κ1) is 13.8. The van der Waals surface area contributed by atoms with Gasteiger partial charge in [-0.1, -0.05) is 23.2 Å². The molecule has 1 aromatic heterocycles. The Morgan fingerprint density at radius 3 is 2.84 bits per heavy atom. The molecule has 0 spiro atoms. The van der Waals surface area contributed by atoms with E-state index in [1.165, 1.54) is 6.33 Å². The van der Waals surface area contributed by atoms with Crippen LogP contribution in [0.5, 0.6) is 0 Å². The number of carbonyl (C=O) groups is 1. The second-order valence-electron chi connectivity index (χ2n) is 3.91. The molecule has 7 heteroatoms. The van der Waals surface area contributed by atoms with Crippen LogP contribution in [0.3, 0.4) is 0 Å². The van der Waals surface area contributed by atoms with E-state index >= 15 is 0 Å². The number of carboxylic acids is 1. The second kappa shape index (κ2) is 6.04. The van der Waals surface area contributed by atoms with E-state index in [2.05, 4.69) is 15.3 Å². The molecule has 0 atom stereocenters. The van der Waals surface area contributed by atoms with Gasteiger partial charge < -0.3 is 15.2 Å². The van der Waals surface area contributed by atoms with Crippen LogP contribution in [0, 0.1) is 0 Å². The molecule has 0 saturated carbocycles. The lowest BCUT2D eigenvalue weighted by Gasteiger charge is -2.09. The van der Waals surface area contributed by atoms with Crippen LogP contribution in [0.1, 0.15) is 12.8 Å². The number of nitrogens with one attached hydrogen (secondary N) is 1. The van der Waals surface area contributed by atoms with Gasteiger partial charge in [0.05, 0.1) is 10.5 Å². The summed E-state index contributed by atoms with van der Waals surface area (Å²) in [5, 5.41) is 15.0. The monoisotopic (exact) mass is 298 g/mol. The SMILES string of the molecule is O=C([O-])CCCNc1ncnc2c(Cl)cc(Cl)cc12. The Kier molecular flexibility index (Phi) is 4.39. The van der Waals surface area contributed by atoms with Gasteiger partial charge in [0.25, 0.3) is 0 Å². The average molecular weight is 299 g/mol. The Morgan fingerprint density at radius 2 is 2.11 bits per heavy atom. The van der Waals surface area contributed by atoms with Crippen LogP contribution >= 0.6 is 23.2 Å². The first-order valence-electron chi connectivity index (χ1n) is 5.61. The number of anilines is 1. The minimum Gasteiger partial charge on any atom is -0.550 e. The highest BCUT2D eigenvalue weighted by atomic mass is 35.5. The third-order valence-corrected chi connectivity index (χ3v) is 3.01. The van der Waals surface area contributed by atoms with Crippen LogP contribution in [0.4, 0.5) is 5.82 Å². The number of hydrogen-bond acceptors (Lipinski definition) is 5. The van der Waals surface area contributed by atoms with Gasteiger partial charge in [0.1, 0.15) is 12.1 Å². The van der Waals surface area contributed by atoms with Crippen LogP contribution < -0.4 is 10.4 Å². The molecule has 0 radical (unpaired) electrons. The van der Waals surface area contributed by atoms with E-state index in [0.29, 0.717) is 39.7 Å². The largest absolute Gasteiger partial charge is 0.550 e. The Hall–Kier alpha value is -1.59. The highest BCUT2D eigenvalue weighted by Crippen LogP contribution is 2.29. The number of benzene rings is 1. The van der Waals surface area contributed by atoms with Crippen molar-refractivity contribution in [1.82, 2.24) is 9.97 Å². The average Bonchev–Trinajstić information content (AvgIpc) is 2.34. The summed E-state index contributed by atoms with van der Waals surface area (Å²) in [5.74, 6) is -0.492. The molecule has 2 aromatic rings. The maximum atomic E-state index is 10.3. The fourth-order valence-corrected chi connectivity index (χ4v) is 2.21. The summed E-state index contributed by atoms with van der Waals surface area (Å²) in [5.41, 5.74) is 0.600. The number of carboxylic acid groups (broad SMARTS) is 1. The van der Waals surface area contributed by atoms with Crippen LogP contribution in [-0.2, 0) is 4.79 Å². The van der Waals surface area contributed by atoms with Gasteiger partial charge >= 0.3 is 0 Å². The van der Waals surface area contributed by atoms with Crippen LogP contribution in [0.2, 0.25) is 10.0 Å². The topological polar surface area (TPSA) is 77.9 Å². The standard InChI is InChI=1S/C12H11Cl2N3O2/c13-7-4-8-11(9(14)5-7)16-6-17-12(8)15-3-1-2-10(18)19/h4-6H,1-3H2,(H,18,19)(H,15,16,17)/p-1. The lowest BCUT2D eigenvalue weighted by atomic mass is 10.2.